The minimum absolute atomic E-state index is 0.105. The summed E-state index contributed by atoms with van der Waals surface area (Å²) < 4.78 is 5.05. The van der Waals surface area contributed by atoms with E-state index in [1.165, 1.54) is 12.4 Å². The van der Waals surface area contributed by atoms with E-state index in [1.807, 2.05) is 0 Å². The Bertz CT molecular complexity index is 358. The monoisotopic (exact) mass is 209 g/mol. The smallest absolute Gasteiger partial charge is 0.311 e. The van der Waals surface area contributed by atoms with E-state index in [9.17, 15) is 4.79 Å². The molecule has 0 unspecified atom stereocenters. The third-order valence-corrected chi connectivity index (χ3v) is 1.67. The van der Waals surface area contributed by atoms with Crippen LogP contribution < -0.4 is 5.73 Å². The van der Waals surface area contributed by atoms with Crippen LogP contribution in [0.2, 0.25) is 0 Å². The predicted molar refractivity (Wildman–Crippen MR) is 55.7 cm³/mol. The number of hydrogen-bond donors (Lipinski definition) is 1. The number of aromatic nitrogens is 2. The van der Waals surface area contributed by atoms with Gasteiger partial charge in [-0.05, 0) is 20.8 Å². The lowest BCUT2D eigenvalue weighted by atomic mass is 9.97. The molecule has 2 N–H and O–H groups in total. The van der Waals surface area contributed by atoms with Crippen LogP contribution in [-0.4, -0.2) is 15.9 Å². The molecular weight excluding hydrogens is 194 g/mol. The van der Waals surface area contributed by atoms with Gasteiger partial charge in [-0.1, -0.05) is 0 Å². The maximum atomic E-state index is 11.4. The van der Waals surface area contributed by atoms with E-state index in [2.05, 4.69) is 9.97 Å². The third kappa shape index (κ3) is 3.53. The molecule has 15 heavy (non-hydrogen) atoms. The summed E-state index contributed by atoms with van der Waals surface area (Å²) in [4.78, 5) is 19.2. The Morgan fingerprint density at radius 3 is 2.67 bits per heavy atom. The van der Waals surface area contributed by atoms with E-state index in [0.717, 1.165) is 0 Å². The Morgan fingerprint density at radius 2 is 2.13 bits per heavy atom. The highest BCUT2D eigenvalue weighted by Crippen LogP contribution is 2.15. The average Bonchev–Trinajstić information content (AvgIpc) is 2.12. The van der Waals surface area contributed by atoms with Gasteiger partial charge in [-0.3, -0.25) is 9.78 Å². The highest BCUT2D eigenvalue weighted by Gasteiger charge is 2.23. The summed E-state index contributed by atoms with van der Waals surface area (Å²) in [7, 11) is 0. The molecule has 1 aromatic rings. The van der Waals surface area contributed by atoms with Gasteiger partial charge in [-0.2, -0.15) is 0 Å². The summed E-state index contributed by atoms with van der Waals surface area (Å²) in [6, 6.07) is 0. The molecule has 0 bridgehead atoms. The van der Waals surface area contributed by atoms with Crippen molar-refractivity contribution in [2.24, 2.45) is 5.41 Å². The van der Waals surface area contributed by atoms with Gasteiger partial charge in [0.25, 0.3) is 0 Å². The number of esters is 1. The molecule has 0 amide bonds. The number of nitrogens with two attached hydrogens (primary N) is 1. The summed E-state index contributed by atoms with van der Waals surface area (Å²) in [6.45, 7) is 5.48. The summed E-state index contributed by atoms with van der Waals surface area (Å²) in [6.07, 6.45) is 2.96. The maximum Gasteiger partial charge on any atom is 0.311 e. The zero-order valence-corrected chi connectivity index (χ0v) is 9.15. The van der Waals surface area contributed by atoms with Crippen LogP contribution in [0.15, 0.2) is 12.4 Å². The predicted octanol–water partition coefficient (Wildman–Crippen LogP) is 1.15. The highest BCUT2D eigenvalue weighted by molar-refractivity contribution is 5.75. The van der Waals surface area contributed by atoms with Gasteiger partial charge < -0.3 is 10.5 Å². The summed E-state index contributed by atoms with van der Waals surface area (Å²) >= 11 is 0. The number of anilines is 1. The fourth-order valence-electron chi connectivity index (χ4n) is 0.849. The van der Waals surface area contributed by atoms with E-state index >= 15 is 0 Å². The van der Waals surface area contributed by atoms with E-state index in [0.29, 0.717) is 11.5 Å². The molecule has 0 spiro atoms. The van der Waals surface area contributed by atoms with Gasteiger partial charge in [-0.15, -0.1) is 0 Å². The molecule has 0 atom stereocenters. The highest BCUT2D eigenvalue weighted by atomic mass is 16.5. The Hall–Kier alpha value is -1.65. The quantitative estimate of drug-likeness (QED) is 0.739. The molecule has 0 aromatic carbocycles. The van der Waals surface area contributed by atoms with Gasteiger partial charge in [0, 0.05) is 0 Å². The van der Waals surface area contributed by atoms with Crippen LogP contribution in [-0.2, 0) is 16.1 Å². The molecule has 1 rings (SSSR count). The molecule has 0 fully saturated rings. The Kier molecular flexibility index (Phi) is 3.24. The van der Waals surface area contributed by atoms with Crippen LogP contribution in [0, 0.1) is 5.41 Å². The minimum atomic E-state index is -0.506. The summed E-state index contributed by atoms with van der Waals surface area (Å²) in [5.41, 5.74) is 5.48. The largest absolute Gasteiger partial charge is 0.459 e. The molecule has 0 aliphatic carbocycles. The van der Waals surface area contributed by atoms with Gasteiger partial charge in [0.15, 0.2) is 0 Å². The molecule has 0 radical (unpaired) electrons. The van der Waals surface area contributed by atoms with E-state index < -0.39 is 5.41 Å². The summed E-state index contributed by atoms with van der Waals surface area (Å²) in [5, 5.41) is 0. The second-order valence-corrected chi connectivity index (χ2v) is 4.26. The fourth-order valence-corrected chi connectivity index (χ4v) is 0.849. The fraction of sp³-hybridized carbons (Fsp3) is 0.500. The molecule has 1 heterocycles. The zero-order valence-electron chi connectivity index (χ0n) is 9.15. The standard InChI is InChI=1S/C10H15N3O2/c1-10(2,3)9(14)15-6-7-4-12-5-8(11)13-7/h4-5H,6H2,1-3H3,(H2,11,13). The SMILES string of the molecule is CC(C)(C)C(=O)OCc1cncc(N)n1. The first-order valence-electron chi connectivity index (χ1n) is 4.63. The van der Waals surface area contributed by atoms with E-state index in [-0.39, 0.29) is 12.6 Å². The van der Waals surface area contributed by atoms with Crippen molar-refractivity contribution in [3.05, 3.63) is 18.1 Å². The molecule has 82 valence electrons. The van der Waals surface area contributed by atoms with Gasteiger partial charge >= 0.3 is 5.97 Å². The van der Waals surface area contributed by atoms with Crippen LogP contribution in [0.4, 0.5) is 5.82 Å². The van der Waals surface area contributed by atoms with Crippen molar-refractivity contribution in [1.82, 2.24) is 9.97 Å². The zero-order chi connectivity index (χ0) is 11.5. The van der Waals surface area contributed by atoms with Gasteiger partial charge in [0.2, 0.25) is 0 Å². The average molecular weight is 209 g/mol. The first-order valence-corrected chi connectivity index (χ1v) is 4.63. The Labute approximate surface area is 88.7 Å². The second-order valence-electron chi connectivity index (χ2n) is 4.26. The second kappa shape index (κ2) is 4.25. The van der Waals surface area contributed by atoms with Crippen molar-refractivity contribution in [3.63, 3.8) is 0 Å². The molecular formula is C10H15N3O2. The van der Waals surface area contributed by atoms with Crippen molar-refractivity contribution >= 4 is 11.8 Å². The number of carbonyl (C=O) groups excluding carboxylic acids is 1. The lowest BCUT2D eigenvalue weighted by Crippen LogP contribution is -2.23. The summed E-state index contributed by atoms with van der Waals surface area (Å²) in [5.74, 6) is 0.0473. The number of rotatable bonds is 2. The molecule has 0 saturated heterocycles. The topological polar surface area (TPSA) is 78.1 Å². The molecule has 0 aliphatic rings. The van der Waals surface area contributed by atoms with E-state index in [1.54, 1.807) is 20.8 Å². The van der Waals surface area contributed by atoms with E-state index in [4.69, 9.17) is 10.5 Å². The first kappa shape index (κ1) is 11.4. The lowest BCUT2D eigenvalue weighted by Gasteiger charge is -2.16. The number of nitrogen functional groups attached to an aromatic ring is 1. The van der Waals surface area contributed by atoms with Crippen LogP contribution in [0.25, 0.3) is 0 Å². The normalized spacial score (nSPS) is 11.1. The lowest BCUT2D eigenvalue weighted by molar-refractivity contribution is -0.154. The van der Waals surface area contributed by atoms with Gasteiger partial charge in [0.05, 0.1) is 23.5 Å². The van der Waals surface area contributed by atoms with Crippen LogP contribution >= 0.6 is 0 Å². The van der Waals surface area contributed by atoms with Crippen LogP contribution in [0.1, 0.15) is 26.5 Å². The minimum Gasteiger partial charge on any atom is -0.459 e. The number of hydrogen-bond acceptors (Lipinski definition) is 5. The van der Waals surface area contributed by atoms with Crippen LogP contribution in [0.5, 0.6) is 0 Å². The van der Waals surface area contributed by atoms with Gasteiger partial charge in [-0.25, -0.2) is 4.98 Å². The first-order chi connectivity index (χ1) is 6.89. The molecule has 5 nitrogen and oxygen atoms in total. The molecule has 0 saturated carbocycles. The number of ether oxygens (including phenoxy) is 1. The molecule has 0 aliphatic heterocycles. The van der Waals surface area contributed by atoms with Crippen molar-refractivity contribution in [2.75, 3.05) is 5.73 Å². The molecule has 5 heteroatoms. The Balaban J connectivity index is 2.55. The van der Waals surface area contributed by atoms with Crippen LogP contribution in [0.3, 0.4) is 0 Å². The number of carbonyl (C=O) groups is 1. The van der Waals surface area contributed by atoms with Crippen molar-refractivity contribution < 1.29 is 9.53 Å². The van der Waals surface area contributed by atoms with Crippen molar-refractivity contribution in [2.45, 2.75) is 27.4 Å². The Morgan fingerprint density at radius 1 is 1.47 bits per heavy atom. The van der Waals surface area contributed by atoms with Gasteiger partial charge in [0.1, 0.15) is 12.4 Å². The maximum absolute atomic E-state index is 11.4. The number of nitrogens with zero attached hydrogens (tertiary/aromatic N) is 2. The van der Waals surface area contributed by atoms with Crippen molar-refractivity contribution in [3.8, 4) is 0 Å². The van der Waals surface area contributed by atoms with Crippen molar-refractivity contribution in [1.29, 1.82) is 0 Å². The third-order valence-electron chi connectivity index (χ3n) is 1.67. The molecule has 1 aromatic heterocycles.